The highest BCUT2D eigenvalue weighted by Gasteiger charge is 2.17. The van der Waals surface area contributed by atoms with Crippen molar-refractivity contribution in [2.75, 3.05) is 13.2 Å². The summed E-state index contributed by atoms with van der Waals surface area (Å²) in [5, 5.41) is 4.30. The van der Waals surface area contributed by atoms with Crippen LogP contribution in [-0.4, -0.2) is 13.2 Å². The summed E-state index contributed by atoms with van der Waals surface area (Å²) in [6.07, 6.45) is 26.8. The third kappa shape index (κ3) is 13.7. The van der Waals surface area contributed by atoms with Gasteiger partial charge in [-0.1, -0.05) is 142 Å². The molecule has 3 rings (SSSR count). The largest absolute Gasteiger partial charge is 0.493 e. The molecule has 0 amide bonds. The van der Waals surface area contributed by atoms with Gasteiger partial charge in [0.05, 0.1) is 13.2 Å². The molecule has 0 saturated heterocycles. The van der Waals surface area contributed by atoms with E-state index in [0.717, 1.165) is 48.7 Å². The predicted molar refractivity (Wildman–Crippen MR) is 188 cm³/mol. The number of rotatable bonds is 26. The molecule has 0 radical (unpaired) electrons. The maximum atomic E-state index is 6.49. The molecule has 0 atom stereocenters. The number of unbranched alkanes of at least 4 members (excludes halogenated alkanes) is 18. The highest BCUT2D eigenvalue weighted by Crippen LogP contribution is 2.43. The third-order valence-corrected chi connectivity index (χ3v) is 9.97. The Morgan fingerprint density at radius 1 is 0.452 bits per heavy atom. The average molecular weight is 611 g/mol. The summed E-state index contributed by atoms with van der Waals surface area (Å²) >= 11 is 3.55. The summed E-state index contributed by atoms with van der Waals surface area (Å²) in [5.74, 6) is 1.98. The van der Waals surface area contributed by atoms with Gasteiger partial charge in [0, 0.05) is 20.9 Å². The lowest BCUT2D eigenvalue weighted by Gasteiger charge is -2.17. The Morgan fingerprint density at radius 2 is 0.786 bits per heavy atom. The number of hydrogen-bond donors (Lipinski definition) is 0. The molecule has 3 aromatic rings. The van der Waals surface area contributed by atoms with E-state index in [0.29, 0.717) is 0 Å². The van der Waals surface area contributed by atoms with Gasteiger partial charge in [0.1, 0.15) is 11.5 Å². The fourth-order valence-electron chi connectivity index (χ4n) is 5.59. The number of benzene rings is 1. The summed E-state index contributed by atoms with van der Waals surface area (Å²) in [6.45, 7) is 6.13. The molecule has 0 aliphatic carbocycles. The van der Waals surface area contributed by atoms with Crippen LogP contribution in [0.4, 0.5) is 0 Å². The van der Waals surface area contributed by atoms with Crippen LogP contribution in [0.2, 0.25) is 0 Å². The zero-order chi connectivity index (χ0) is 29.5. The Kier molecular flexibility index (Phi) is 18.8. The number of ether oxygens (including phenoxy) is 2. The molecule has 0 saturated carbocycles. The minimum Gasteiger partial charge on any atom is -0.493 e. The Balaban J connectivity index is 1.50. The highest BCUT2D eigenvalue weighted by atomic mass is 32.1. The van der Waals surface area contributed by atoms with Crippen molar-refractivity contribution in [1.82, 2.24) is 0 Å². The second kappa shape index (κ2) is 22.7. The van der Waals surface area contributed by atoms with Gasteiger partial charge in [-0.05, 0) is 47.9 Å². The van der Waals surface area contributed by atoms with Crippen LogP contribution < -0.4 is 9.47 Å². The number of thiophene rings is 2. The van der Waals surface area contributed by atoms with Crippen LogP contribution in [0.1, 0.15) is 142 Å². The topological polar surface area (TPSA) is 18.5 Å². The predicted octanol–water partition coefficient (Wildman–Crippen LogP) is 13.7. The summed E-state index contributed by atoms with van der Waals surface area (Å²) in [5.41, 5.74) is 2.32. The zero-order valence-electron chi connectivity index (χ0n) is 26.8. The molecule has 0 spiro atoms. The summed E-state index contributed by atoms with van der Waals surface area (Å²) in [7, 11) is 0. The molecule has 42 heavy (non-hydrogen) atoms. The van der Waals surface area contributed by atoms with Crippen LogP contribution in [0.15, 0.2) is 47.2 Å². The van der Waals surface area contributed by atoms with Crippen molar-refractivity contribution >= 4 is 22.7 Å². The molecule has 2 heterocycles. The van der Waals surface area contributed by atoms with Gasteiger partial charge in [0.2, 0.25) is 0 Å². The standard InChI is InChI=1S/C38H58O2S2/c1-3-5-7-9-11-13-15-17-19-21-27-39-35-31-34(38-26-24-30-42-38)36(32-33(35)37-25-23-29-41-37)40-28-22-20-18-16-14-12-10-8-6-4-2/h23-26,29-32H,3-22,27-28H2,1-2H3. The van der Waals surface area contributed by atoms with Gasteiger partial charge >= 0.3 is 0 Å². The quantitative estimate of drug-likeness (QED) is 0.0842. The van der Waals surface area contributed by atoms with Gasteiger partial charge in [-0.15, -0.1) is 22.7 Å². The van der Waals surface area contributed by atoms with Crippen LogP contribution in [0.25, 0.3) is 20.9 Å². The Morgan fingerprint density at radius 3 is 1.10 bits per heavy atom. The van der Waals surface area contributed by atoms with Gasteiger partial charge in [-0.2, -0.15) is 0 Å². The Hall–Kier alpha value is -1.78. The van der Waals surface area contributed by atoms with Crippen molar-refractivity contribution < 1.29 is 9.47 Å². The van der Waals surface area contributed by atoms with Crippen LogP contribution in [0, 0.1) is 0 Å². The average Bonchev–Trinajstić information content (AvgIpc) is 3.74. The van der Waals surface area contributed by atoms with E-state index in [1.807, 2.05) is 0 Å². The van der Waals surface area contributed by atoms with E-state index in [1.165, 1.54) is 125 Å². The monoisotopic (exact) mass is 610 g/mol. The van der Waals surface area contributed by atoms with Gasteiger partial charge in [-0.25, -0.2) is 0 Å². The third-order valence-electron chi connectivity index (χ3n) is 8.17. The van der Waals surface area contributed by atoms with E-state index in [-0.39, 0.29) is 0 Å². The lowest BCUT2D eigenvalue weighted by Crippen LogP contribution is -2.02. The fourth-order valence-corrected chi connectivity index (χ4v) is 7.09. The van der Waals surface area contributed by atoms with Gasteiger partial charge < -0.3 is 9.47 Å². The van der Waals surface area contributed by atoms with Crippen LogP contribution in [-0.2, 0) is 0 Å². The summed E-state index contributed by atoms with van der Waals surface area (Å²) in [4.78, 5) is 2.49. The van der Waals surface area contributed by atoms with Crippen molar-refractivity contribution in [2.45, 2.75) is 142 Å². The van der Waals surface area contributed by atoms with Crippen LogP contribution in [0.3, 0.4) is 0 Å². The number of hydrogen-bond acceptors (Lipinski definition) is 4. The molecule has 0 aliphatic heterocycles. The molecule has 0 bridgehead atoms. The van der Waals surface area contributed by atoms with E-state index < -0.39 is 0 Å². The first-order valence-corrected chi connectivity index (χ1v) is 19.1. The zero-order valence-corrected chi connectivity index (χ0v) is 28.4. The molecular formula is C38H58O2S2. The van der Waals surface area contributed by atoms with Crippen molar-refractivity contribution in [3.63, 3.8) is 0 Å². The van der Waals surface area contributed by atoms with Crippen molar-refractivity contribution in [1.29, 1.82) is 0 Å². The lowest BCUT2D eigenvalue weighted by atomic mass is 10.1. The first kappa shape index (κ1) is 34.7. The molecular weight excluding hydrogens is 553 g/mol. The lowest BCUT2D eigenvalue weighted by molar-refractivity contribution is 0.298. The molecule has 0 unspecified atom stereocenters. The molecule has 0 fully saturated rings. The molecule has 0 N–H and O–H groups in total. The molecule has 2 aromatic heterocycles. The maximum Gasteiger partial charge on any atom is 0.128 e. The van der Waals surface area contributed by atoms with Crippen LogP contribution >= 0.6 is 22.7 Å². The highest BCUT2D eigenvalue weighted by molar-refractivity contribution is 7.14. The molecule has 4 heteroatoms. The summed E-state index contributed by atoms with van der Waals surface area (Å²) < 4.78 is 13.0. The van der Waals surface area contributed by atoms with Crippen molar-refractivity contribution in [2.24, 2.45) is 0 Å². The van der Waals surface area contributed by atoms with Gasteiger partial charge in [0.25, 0.3) is 0 Å². The minimum atomic E-state index is 0.775. The van der Waals surface area contributed by atoms with Crippen molar-refractivity contribution in [3.8, 4) is 32.4 Å². The van der Waals surface area contributed by atoms with Gasteiger partial charge in [-0.3, -0.25) is 0 Å². The first-order chi connectivity index (χ1) is 20.8. The van der Waals surface area contributed by atoms with Crippen molar-refractivity contribution in [3.05, 3.63) is 47.2 Å². The molecule has 234 valence electrons. The Labute approximate surface area is 266 Å². The second-order valence-corrected chi connectivity index (χ2v) is 13.8. The van der Waals surface area contributed by atoms with E-state index in [2.05, 4.69) is 61.0 Å². The normalized spacial score (nSPS) is 11.3. The van der Waals surface area contributed by atoms with E-state index >= 15 is 0 Å². The minimum absolute atomic E-state index is 0.775. The Bertz CT molecular complexity index is 942. The maximum absolute atomic E-state index is 6.49. The smallest absolute Gasteiger partial charge is 0.128 e. The van der Waals surface area contributed by atoms with Crippen LogP contribution in [0.5, 0.6) is 11.5 Å². The second-order valence-electron chi connectivity index (χ2n) is 11.9. The van der Waals surface area contributed by atoms with Gasteiger partial charge in [0.15, 0.2) is 0 Å². The fraction of sp³-hybridized carbons (Fsp3) is 0.632. The molecule has 0 aliphatic rings. The van der Waals surface area contributed by atoms with E-state index in [1.54, 1.807) is 22.7 Å². The molecule has 2 nitrogen and oxygen atoms in total. The SMILES string of the molecule is CCCCCCCCCCCCOc1cc(-c2cccs2)c(OCCCCCCCCCCCC)cc1-c1cccs1. The first-order valence-electron chi connectivity index (χ1n) is 17.3. The summed E-state index contributed by atoms with van der Waals surface area (Å²) in [6, 6.07) is 13.1. The van der Waals surface area contributed by atoms with E-state index in [9.17, 15) is 0 Å². The van der Waals surface area contributed by atoms with E-state index in [4.69, 9.17) is 9.47 Å². The molecule has 1 aromatic carbocycles.